The highest BCUT2D eigenvalue weighted by Crippen LogP contribution is 2.34. The van der Waals surface area contributed by atoms with Gasteiger partial charge in [-0.1, -0.05) is 23.7 Å². The average Bonchev–Trinajstić information content (AvgIpc) is 2.46. The monoisotopic (exact) mass is 343 g/mol. The van der Waals surface area contributed by atoms with E-state index in [0.717, 1.165) is 34.5 Å². The van der Waals surface area contributed by atoms with Crippen LogP contribution in [0, 0.1) is 13.8 Å². The number of hydrogen-bond acceptors (Lipinski definition) is 2. The fraction of sp³-hybridized carbons (Fsp3) is 0.353. The summed E-state index contributed by atoms with van der Waals surface area (Å²) in [6.07, 6.45) is -2.46. The van der Waals surface area contributed by atoms with Crippen molar-refractivity contribution in [3.63, 3.8) is 0 Å². The molecule has 0 radical (unpaired) electrons. The number of aryl methyl sites for hydroxylation is 3. The zero-order valence-electron chi connectivity index (χ0n) is 12.8. The number of nitrogens with zero attached hydrogens (tertiary/aromatic N) is 1. The number of rotatable bonds is 4. The van der Waals surface area contributed by atoms with Crippen molar-refractivity contribution in [2.75, 3.05) is 0 Å². The van der Waals surface area contributed by atoms with Crippen molar-refractivity contribution in [1.29, 1.82) is 0 Å². The van der Waals surface area contributed by atoms with Crippen molar-refractivity contribution in [2.45, 2.75) is 39.5 Å². The molecule has 0 spiro atoms. The third kappa shape index (κ3) is 4.24. The molecule has 0 saturated heterocycles. The molecule has 6 heteroatoms. The Morgan fingerprint density at radius 3 is 2.22 bits per heavy atom. The summed E-state index contributed by atoms with van der Waals surface area (Å²) in [5.74, 6) is 0. The molecule has 0 aliphatic rings. The van der Waals surface area contributed by atoms with Crippen LogP contribution in [0.5, 0.6) is 0 Å². The second-order valence-electron chi connectivity index (χ2n) is 5.52. The largest absolute Gasteiger partial charge is 0.417 e. The van der Waals surface area contributed by atoms with E-state index in [1.54, 1.807) is 0 Å². The van der Waals surface area contributed by atoms with Crippen LogP contribution in [0.2, 0.25) is 5.02 Å². The molecule has 0 unspecified atom stereocenters. The summed E-state index contributed by atoms with van der Waals surface area (Å²) in [5.41, 5.74) is 3.42. The number of aliphatic hydroxyl groups is 1. The zero-order valence-corrected chi connectivity index (χ0v) is 13.6. The fourth-order valence-corrected chi connectivity index (χ4v) is 2.87. The molecule has 1 N–H and O–H groups in total. The minimum Gasteiger partial charge on any atom is -0.392 e. The van der Waals surface area contributed by atoms with Gasteiger partial charge < -0.3 is 5.11 Å². The van der Waals surface area contributed by atoms with Crippen molar-refractivity contribution in [3.8, 4) is 0 Å². The standard InChI is InChI=1S/C17H17ClF3NO/c1-10-5-12(9-23)6-11(2)14(10)4-3-13-7-15(17(19,20)21)16(18)8-22-13/h5-8,23H,3-4,9H2,1-2H3. The summed E-state index contributed by atoms with van der Waals surface area (Å²) in [5, 5.41) is 8.80. The van der Waals surface area contributed by atoms with E-state index in [1.165, 1.54) is 0 Å². The molecule has 0 aliphatic carbocycles. The quantitative estimate of drug-likeness (QED) is 0.876. The lowest BCUT2D eigenvalue weighted by atomic mass is 9.95. The maximum atomic E-state index is 12.9. The van der Waals surface area contributed by atoms with Crippen LogP contribution in [0.15, 0.2) is 24.4 Å². The lowest BCUT2D eigenvalue weighted by molar-refractivity contribution is -0.137. The molecule has 2 aromatic rings. The zero-order chi connectivity index (χ0) is 17.2. The van der Waals surface area contributed by atoms with Crippen LogP contribution in [-0.2, 0) is 25.6 Å². The van der Waals surface area contributed by atoms with Crippen LogP contribution in [0.25, 0.3) is 0 Å². The van der Waals surface area contributed by atoms with Crippen LogP contribution in [0.4, 0.5) is 13.2 Å². The molecule has 124 valence electrons. The van der Waals surface area contributed by atoms with E-state index in [9.17, 15) is 18.3 Å². The molecular formula is C17H17ClF3NO. The summed E-state index contributed by atoms with van der Waals surface area (Å²) >= 11 is 5.58. The van der Waals surface area contributed by atoms with Gasteiger partial charge in [0.05, 0.1) is 17.2 Å². The average molecular weight is 344 g/mol. The predicted octanol–water partition coefficient (Wildman–Crippen LogP) is 4.65. The van der Waals surface area contributed by atoms with E-state index < -0.39 is 11.7 Å². The molecule has 23 heavy (non-hydrogen) atoms. The predicted molar refractivity (Wildman–Crippen MR) is 83.5 cm³/mol. The first-order valence-corrected chi connectivity index (χ1v) is 7.51. The second-order valence-corrected chi connectivity index (χ2v) is 5.93. The highest BCUT2D eigenvalue weighted by Gasteiger charge is 2.33. The van der Waals surface area contributed by atoms with Gasteiger partial charge in [0.15, 0.2) is 0 Å². The molecule has 0 bridgehead atoms. The van der Waals surface area contributed by atoms with Gasteiger partial charge in [-0.3, -0.25) is 4.98 Å². The molecular weight excluding hydrogens is 327 g/mol. The van der Waals surface area contributed by atoms with Crippen LogP contribution < -0.4 is 0 Å². The van der Waals surface area contributed by atoms with E-state index in [0.29, 0.717) is 18.5 Å². The summed E-state index contributed by atoms with van der Waals surface area (Å²) in [4.78, 5) is 3.99. The first-order valence-electron chi connectivity index (χ1n) is 7.14. The Labute approximate surface area is 137 Å². The highest BCUT2D eigenvalue weighted by molar-refractivity contribution is 6.31. The Balaban J connectivity index is 2.22. The maximum Gasteiger partial charge on any atom is 0.417 e. The molecule has 0 fully saturated rings. The smallest absolute Gasteiger partial charge is 0.392 e. The van der Waals surface area contributed by atoms with Gasteiger partial charge in [-0.25, -0.2) is 0 Å². The van der Waals surface area contributed by atoms with Crippen LogP contribution in [0.1, 0.15) is 33.5 Å². The number of alkyl halides is 3. The third-order valence-electron chi connectivity index (χ3n) is 3.79. The Bertz CT molecular complexity index is 690. The molecule has 0 saturated carbocycles. The molecule has 0 atom stereocenters. The minimum atomic E-state index is -4.48. The Hall–Kier alpha value is -1.59. The summed E-state index contributed by atoms with van der Waals surface area (Å²) in [7, 11) is 0. The van der Waals surface area contributed by atoms with Gasteiger partial charge in [-0.05, 0) is 55.0 Å². The lowest BCUT2D eigenvalue weighted by Gasteiger charge is -2.13. The Morgan fingerprint density at radius 1 is 1.09 bits per heavy atom. The van der Waals surface area contributed by atoms with E-state index in [4.69, 9.17) is 11.6 Å². The minimum absolute atomic E-state index is 0.0321. The number of benzene rings is 1. The molecule has 2 rings (SSSR count). The van der Waals surface area contributed by atoms with Gasteiger partial charge in [0, 0.05) is 11.9 Å². The normalized spacial score (nSPS) is 11.8. The molecule has 1 aromatic heterocycles. The number of aliphatic hydroxyl groups excluding tert-OH is 1. The molecule has 0 amide bonds. The van der Waals surface area contributed by atoms with E-state index in [-0.39, 0.29) is 11.6 Å². The van der Waals surface area contributed by atoms with E-state index >= 15 is 0 Å². The topological polar surface area (TPSA) is 33.1 Å². The van der Waals surface area contributed by atoms with E-state index in [1.807, 2.05) is 26.0 Å². The fourth-order valence-electron chi connectivity index (χ4n) is 2.66. The first-order chi connectivity index (χ1) is 10.7. The van der Waals surface area contributed by atoms with Crippen LogP contribution >= 0.6 is 11.6 Å². The van der Waals surface area contributed by atoms with Crippen molar-refractivity contribution in [1.82, 2.24) is 4.98 Å². The number of hydrogen-bond donors (Lipinski definition) is 1. The van der Waals surface area contributed by atoms with Gasteiger partial charge in [0.1, 0.15) is 0 Å². The molecule has 2 nitrogen and oxygen atoms in total. The van der Waals surface area contributed by atoms with Crippen molar-refractivity contribution in [2.24, 2.45) is 0 Å². The maximum absolute atomic E-state index is 12.9. The van der Waals surface area contributed by atoms with Gasteiger partial charge >= 0.3 is 6.18 Å². The lowest BCUT2D eigenvalue weighted by Crippen LogP contribution is -2.08. The SMILES string of the molecule is Cc1cc(CO)cc(C)c1CCc1cc(C(F)(F)F)c(Cl)cn1. The van der Waals surface area contributed by atoms with Crippen molar-refractivity contribution < 1.29 is 18.3 Å². The number of pyridine rings is 1. The van der Waals surface area contributed by atoms with Crippen LogP contribution in [-0.4, -0.2) is 10.1 Å². The number of halogens is 4. The molecule has 1 aromatic carbocycles. The Kier molecular flexibility index (Phi) is 5.32. The second kappa shape index (κ2) is 6.89. The molecule has 1 heterocycles. The summed E-state index contributed by atoms with van der Waals surface area (Å²) in [6, 6.07) is 4.78. The number of aromatic nitrogens is 1. The third-order valence-corrected chi connectivity index (χ3v) is 4.09. The Morgan fingerprint density at radius 2 is 1.70 bits per heavy atom. The first kappa shape index (κ1) is 17.8. The van der Waals surface area contributed by atoms with Crippen molar-refractivity contribution >= 4 is 11.6 Å². The van der Waals surface area contributed by atoms with Gasteiger partial charge in [-0.15, -0.1) is 0 Å². The highest BCUT2D eigenvalue weighted by atomic mass is 35.5. The van der Waals surface area contributed by atoms with Gasteiger partial charge in [0.2, 0.25) is 0 Å². The van der Waals surface area contributed by atoms with Crippen LogP contribution in [0.3, 0.4) is 0 Å². The van der Waals surface area contributed by atoms with Gasteiger partial charge in [-0.2, -0.15) is 13.2 Å². The summed E-state index contributed by atoms with van der Waals surface area (Å²) < 4.78 is 38.6. The van der Waals surface area contributed by atoms with Crippen molar-refractivity contribution in [3.05, 3.63) is 62.9 Å². The summed E-state index contributed by atoms with van der Waals surface area (Å²) in [6.45, 7) is 3.82. The van der Waals surface area contributed by atoms with Gasteiger partial charge in [0.25, 0.3) is 0 Å². The van der Waals surface area contributed by atoms with E-state index in [2.05, 4.69) is 4.98 Å². The molecule has 0 aliphatic heterocycles.